The number of hydrogen-bond donors (Lipinski definition) is 0. The van der Waals surface area contributed by atoms with Crippen molar-refractivity contribution >= 4 is 64.6 Å². The van der Waals surface area contributed by atoms with Crippen molar-refractivity contribution in [2.75, 3.05) is 0 Å². The molecule has 144 heavy (non-hydrogen) atoms. The molecule has 0 bridgehead atoms. The Morgan fingerprint density at radius 2 is 0.306 bits per heavy atom. The maximum Gasteiger partial charge on any atom is -0.000695 e. The fourth-order valence-electron chi connectivity index (χ4n) is 27.6. The van der Waals surface area contributed by atoms with E-state index in [9.17, 15) is 0 Å². The van der Waals surface area contributed by atoms with E-state index in [1.54, 1.807) is 0 Å². The van der Waals surface area contributed by atoms with Gasteiger partial charge in [-0.1, -0.05) is 400 Å². The summed E-state index contributed by atoms with van der Waals surface area (Å²) in [5.41, 5.74) is 70.3. The van der Waals surface area contributed by atoms with Gasteiger partial charge in [0.25, 0.3) is 0 Å². The highest BCUT2D eigenvalue weighted by Crippen LogP contribution is 2.56. The molecular weight excluding hydrogens is 1730 g/mol. The highest BCUT2D eigenvalue weighted by Gasteiger charge is 2.36. The average Bonchev–Trinajstić information content (AvgIpc) is 1.49. The van der Waals surface area contributed by atoms with E-state index >= 15 is 0 Å². The van der Waals surface area contributed by atoms with Gasteiger partial charge < -0.3 is 0 Å². The Morgan fingerprint density at radius 3 is 0.743 bits per heavy atom. The van der Waals surface area contributed by atoms with Crippen LogP contribution in [0.3, 0.4) is 0 Å². The maximum absolute atomic E-state index is 2.46. The molecule has 36 rings (SSSR count). The van der Waals surface area contributed by atoms with Gasteiger partial charge in [-0.2, -0.15) is 0 Å². The van der Waals surface area contributed by atoms with E-state index in [-0.39, 0.29) is 0 Å². The van der Waals surface area contributed by atoms with Crippen molar-refractivity contribution in [2.45, 2.75) is 77.0 Å². The van der Waals surface area contributed by atoms with E-state index in [1.807, 2.05) is 0 Å². The van der Waals surface area contributed by atoms with Crippen molar-refractivity contribution in [1.29, 1.82) is 0 Å². The van der Waals surface area contributed by atoms with Crippen molar-refractivity contribution < 1.29 is 0 Å². The molecule has 24 aromatic rings. The molecule has 0 saturated carbocycles. The Hall–Kier alpha value is -17.2. The molecule has 0 amide bonds. The Morgan fingerprint density at radius 1 is 0.0903 bits per heavy atom. The summed E-state index contributed by atoms with van der Waals surface area (Å²) in [6.45, 7) is 0. The number of rotatable bonds is 0. The quantitative estimate of drug-likeness (QED) is 0.142. The van der Waals surface area contributed by atoms with E-state index in [1.165, 1.54) is 332 Å². The summed E-state index contributed by atoms with van der Waals surface area (Å²) < 4.78 is 0. The molecule has 0 spiro atoms. The van der Waals surface area contributed by atoms with Crippen LogP contribution in [0.1, 0.15) is 134 Å². The SMILES string of the molecule is c1ccc2c(c1)Cc1cc3c(cc1-2)-c1c(ccc2ccccc12)C3.c1ccc2c(c1)Cc1cc3c(cc1-2)-c1cc2ccccc2cc1C3.c1ccc2c(c1)Cc1cc3c(cc1-2)-c1ccc2ccccc2c1C3.c1ccc2c(c1)Cc1cc3c(cc1-2)-c1ccc2ccccc2c1C3.c1ccc2c(c1)Cc1ccc3c(c1-2)Cc1cc2ccccc2cc1-3.c1ccc2c(c1)Cc1ccc3c(c1-2)Cc1ccc2ccccc2c1-3. The molecule has 0 radical (unpaired) electrons. The highest BCUT2D eigenvalue weighted by molar-refractivity contribution is 6.07. The molecule has 12 aliphatic carbocycles. The first-order chi connectivity index (χ1) is 71.3. The molecule has 0 saturated heterocycles. The van der Waals surface area contributed by atoms with E-state index in [4.69, 9.17) is 0 Å². The van der Waals surface area contributed by atoms with Crippen molar-refractivity contribution in [3.8, 4) is 134 Å². The predicted molar refractivity (Wildman–Crippen MR) is 603 cm³/mol. The lowest BCUT2D eigenvalue weighted by Gasteiger charge is -2.10. The minimum atomic E-state index is 1.06. The molecule has 0 heteroatoms. The third-order valence-electron chi connectivity index (χ3n) is 34.2. The van der Waals surface area contributed by atoms with E-state index in [0.717, 1.165) is 77.0 Å². The third kappa shape index (κ3) is 12.9. The van der Waals surface area contributed by atoms with E-state index in [0.29, 0.717) is 0 Å². The Balaban J connectivity index is 0.0000000788. The predicted octanol–water partition coefficient (Wildman–Crippen LogP) is 35.9. The van der Waals surface area contributed by atoms with Crippen LogP contribution in [0.4, 0.5) is 0 Å². The van der Waals surface area contributed by atoms with Gasteiger partial charge in [0.05, 0.1) is 0 Å². The standard InChI is InChI=1S/6C24H16/c1-4-8-21-15(5-1)9-10-17-12-19-13-18-11-16-6-2-3-7-20(16)22(18)14-23(19)24(17)21;2*1-3-7-19-15(5-1)9-10-21-23-14-22-17(12-18(23)13-24(19)21)11-16-6-2-4-8-20(16)22;1-3-7-19-15(5-1)9-10-18-14-22-21(23(18)19)12-11-17-13-16-6-2-4-8-20(16)24(17)22;1-2-6-16-13-22-18(9-15(16)5-1)11-20-12-19-10-17-7-3-4-8-21(17)23(19)14-24(20)22;1-2-6-16-13-22-19(11-15(16)5-1)14-23-21(22)10-9-18-12-17-7-3-4-8-20(17)24(18)23/h1-10,13-14H,11-12H2;2*1-10,12,14H,11,13H2;1-12H,13-14H2;1-9,12-14H,10-11H2;1-11,13H,12,14H2. The summed E-state index contributed by atoms with van der Waals surface area (Å²) in [7, 11) is 0. The molecule has 672 valence electrons. The Kier molecular flexibility index (Phi) is 18.3. The van der Waals surface area contributed by atoms with Gasteiger partial charge >= 0.3 is 0 Å². The summed E-state index contributed by atoms with van der Waals surface area (Å²) in [6.07, 6.45) is 12.9. The van der Waals surface area contributed by atoms with Gasteiger partial charge in [0.2, 0.25) is 0 Å². The van der Waals surface area contributed by atoms with Gasteiger partial charge in [0.15, 0.2) is 0 Å². The van der Waals surface area contributed by atoms with Crippen molar-refractivity contribution in [1.82, 2.24) is 0 Å². The monoisotopic (exact) mass is 1820 g/mol. The molecule has 0 N–H and O–H groups in total. The van der Waals surface area contributed by atoms with Crippen LogP contribution < -0.4 is 0 Å². The topological polar surface area (TPSA) is 0 Å². The largest absolute Gasteiger partial charge is 0.0619 e. The maximum atomic E-state index is 2.46. The van der Waals surface area contributed by atoms with Crippen LogP contribution in [-0.4, -0.2) is 0 Å². The zero-order chi connectivity index (χ0) is 94.0. The molecule has 24 aromatic carbocycles. The lowest BCUT2D eigenvalue weighted by Crippen LogP contribution is -1.88. The van der Waals surface area contributed by atoms with Crippen LogP contribution in [0.25, 0.3) is 198 Å². The third-order valence-corrected chi connectivity index (χ3v) is 34.2. The molecule has 12 aliphatic rings. The highest BCUT2D eigenvalue weighted by atomic mass is 14.4. The molecule has 0 fully saturated rings. The average molecular weight is 1830 g/mol. The molecule has 0 aromatic heterocycles. The molecule has 0 unspecified atom stereocenters. The second-order valence-electron chi connectivity index (χ2n) is 42.0. The Bertz CT molecular complexity index is 9440. The first-order valence-electron chi connectivity index (χ1n) is 51.8. The number of fused-ring (bicyclic) bond motifs is 48. The van der Waals surface area contributed by atoms with Crippen molar-refractivity contribution in [2.24, 2.45) is 0 Å². The first-order valence-corrected chi connectivity index (χ1v) is 51.8. The number of hydrogen-bond acceptors (Lipinski definition) is 0. The smallest absolute Gasteiger partial charge is 0.000695 e. The van der Waals surface area contributed by atoms with E-state index < -0.39 is 0 Å². The van der Waals surface area contributed by atoms with Gasteiger partial charge in [-0.25, -0.2) is 0 Å². The lowest BCUT2D eigenvalue weighted by atomic mass is 9.94. The fraction of sp³-hybridized carbons (Fsp3) is 0.0833. The van der Waals surface area contributed by atoms with Gasteiger partial charge in [-0.3, -0.25) is 0 Å². The summed E-state index contributed by atoms with van der Waals surface area (Å²) in [5.74, 6) is 0. The zero-order valence-electron chi connectivity index (χ0n) is 80.1. The van der Waals surface area contributed by atoms with Crippen LogP contribution in [-0.2, 0) is 77.0 Å². The van der Waals surface area contributed by atoms with Crippen LogP contribution in [0, 0.1) is 0 Å². The molecule has 0 heterocycles. The van der Waals surface area contributed by atoms with Crippen LogP contribution in [0.15, 0.2) is 437 Å². The molecule has 0 atom stereocenters. The van der Waals surface area contributed by atoms with Gasteiger partial charge in [-0.05, 0) is 445 Å². The van der Waals surface area contributed by atoms with Crippen LogP contribution >= 0.6 is 0 Å². The second-order valence-corrected chi connectivity index (χ2v) is 42.0. The van der Waals surface area contributed by atoms with Crippen LogP contribution in [0.2, 0.25) is 0 Å². The van der Waals surface area contributed by atoms with Crippen molar-refractivity contribution in [3.05, 3.63) is 570 Å². The molecule has 0 aliphatic heterocycles. The fourth-order valence-corrected chi connectivity index (χ4v) is 27.6. The second kappa shape index (κ2) is 32.2. The first kappa shape index (κ1) is 81.7. The zero-order valence-corrected chi connectivity index (χ0v) is 80.1. The summed E-state index contributed by atoms with van der Waals surface area (Å²) in [6, 6.07) is 163. The molecular formula is C144H96. The van der Waals surface area contributed by atoms with E-state index in [2.05, 4.69) is 437 Å². The summed E-state index contributed by atoms with van der Waals surface area (Å²) in [5, 5.41) is 16.3. The molecule has 0 nitrogen and oxygen atoms in total. The normalized spacial score (nSPS) is 13.5. The summed E-state index contributed by atoms with van der Waals surface area (Å²) in [4.78, 5) is 0. The van der Waals surface area contributed by atoms with Crippen molar-refractivity contribution in [3.63, 3.8) is 0 Å². The lowest BCUT2D eigenvalue weighted by molar-refractivity contribution is 1.21. The minimum absolute atomic E-state index is 1.06. The van der Waals surface area contributed by atoms with Gasteiger partial charge in [-0.15, -0.1) is 0 Å². The number of benzene rings is 24. The van der Waals surface area contributed by atoms with Crippen LogP contribution in [0.5, 0.6) is 0 Å². The minimum Gasteiger partial charge on any atom is -0.0619 e. The van der Waals surface area contributed by atoms with Gasteiger partial charge in [0.1, 0.15) is 0 Å². The van der Waals surface area contributed by atoms with Gasteiger partial charge in [0, 0.05) is 0 Å². The Labute approximate surface area is 839 Å². The summed E-state index contributed by atoms with van der Waals surface area (Å²) >= 11 is 0.